The summed E-state index contributed by atoms with van der Waals surface area (Å²) in [5.74, 6) is -1.69. The maximum atomic E-state index is 14.7. The molecule has 0 bridgehead atoms. The fourth-order valence-electron chi connectivity index (χ4n) is 3.42. The highest BCUT2D eigenvalue weighted by molar-refractivity contribution is 5.98. The van der Waals surface area contributed by atoms with Crippen molar-refractivity contribution >= 4 is 5.91 Å². The minimum absolute atomic E-state index is 0.0323. The molecule has 2 atom stereocenters. The number of carbonyl (C=O) groups is 1. The van der Waals surface area contributed by atoms with Gasteiger partial charge in [0.15, 0.2) is 5.82 Å². The summed E-state index contributed by atoms with van der Waals surface area (Å²) in [6.45, 7) is 2.27. The van der Waals surface area contributed by atoms with Gasteiger partial charge in [0.2, 0.25) is 0 Å². The van der Waals surface area contributed by atoms with E-state index in [0.717, 1.165) is 12.4 Å². The van der Waals surface area contributed by atoms with E-state index in [0.29, 0.717) is 19.4 Å². The Hall–Kier alpha value is -3.43. The van der Waals surface area contributed by atoms with Gasteiger partial charge in [-0.3, -0.25) is 4.79 Å². The van der Waals surface area contributed by atoms with Crippen molar-refractivity contribution < 1.29 is 18.3 Å². The van der Waals surface area contributed by atoms with Gasteiger partial charge >= 0.3 is 6.01 Å². The topological polar surface area (TPSA) is 86.0 Å². The zero-order valence-electron chi connectivity index (χ0n) is 15.6. The van der Waals surface area contributed by atoms with Crippen molar-refractivity contribution in [1.29, 1.82) is 0 Å². The number of amides is 1. The van der Waals surface area contributed by atoms with Crippen molar-refractivity contribution in [1.82, 2.24) is 29.9 Å². The monoisotopic (exact) mass is 400 g/mol. The molecule has 0 saturated carbocycles. The summed E-state index contributed by atoms with van der Waals surface area (Å²) in [5.41, 5.74) is 0.159. The van der Waals surface area contributed by atoms with Crippen molar-refractivity contribution in [2.24, 2.45) is 0 Å². The fourth-order valence-corrected chi connectivity index (χ4v) is 3.42. The smallest absolute Gasteiger partial charge is 0.316 e. The molecule has 1 fully saturated rings. The van der Waals surface area contributed by atoms with Gasteiger partial charge in [0.1, 0.15) is 23.2 Å². The molecule has 3 heterocycles. The summed E-state index contributed by atoms with van der Waals surface area (Å²) >= 11 is 0. The van der Waals surface area contributed by atoms with Crippen LogP contribution in [0.25, 0.3) is 5.69 Å². The second-order valence-corrected chi connectivity index (χ2v) is 6.67. The molecule has 150 valence electrons. The van der Waals surface area contributed by atoms with E-state index in [1.54, 1.807) is 11.0 Å². The van der Waals surface area contributed by atoms with E-state index in [1.807, 2.05) is 6.92 Å². The van der Waals surface area contributed by atoms with E-state index in [1.165, 1.54) is 29.3 Å². The number of halogens is 2. The molecule has 1 amide bonds. The first-order chi connectivity index (χ1) is 14.0. The number of aromatic nitrogens is 5. The number of hydrogen-bond acceptors (Lipinski definition) is 6. The first kappa shape index (κ1) is 18.9. The van der Waals surface area contributed by atoms with E-state index in [9.17, 15) is 13.6 Å². The maximum Gasteiger partial charge on any atom is 0.316 e. The highest BCUT2D eigenvalue weighted by atomic mass is 19.1. The Morgan fingerprint density at radius 2 is 1.90 bits per heavy atom. The van der Waals surface area contributed by atoms with Gasteiger partial charge < -0.3 is 9.64 Å². The van der Waals surface area contributed by atoms with E-state index < -0.39 is 23.6 Å². The zero-order valence-corrected chi connectivity index (χ0v) is 15.6. The van der Waals surface area contributed by atoms with Gasteiger partial charge in [-0.25, -0.2) is 18.7 Å². The highest BCUT2D eigenvalue weighted by Gasteiger charge is 2.35. The van der Waals surface area contributed by atoms with Crippen molar-refractivity contribution in [3.05, 3.63) is 60.2 Å². The van der Waals surface area contributed by atoms with Crippen LogP contribution in [0, 0.1) is 11.6 Å². The number of hydrogen-bond donors (Lipinski definition) is 0. The Kier molecular flexibility index (Phi) is 5.15. The molecule has 0 radical (unpaired) electrons. The summed E-state index contributed by atoms with van der Waals surface area (Å²) in [6.07, 6.45) is 5.85. The lowest BCUT2D eigenvalue weighted by molar-refractivity contribution is 0.0244. The number of nitrogens with zero attached hydrogens (tertiary/aromatic N) is 6. The molecule has 0 spiro atoms. The van der Waals surface area contributed by atoms with E-state index >= 15 is 0 Å². The molecular weight excluding hydrogens is 382 g/mol. The molecule has 10 heteroatoms. The van der Waals surface area contributed by atoms with Crippen molar-refractivity contribution in [2.75, 3.05) is 6.54 Å². The Morgan fingerprint density at radius 1 is 1.17 bits per heavy atom. The van der Waals surface area contributed by atoms with E-state index in [4.69, 9.17) is 4.74 Å². The summed E-state index contributed by atoms with van der Waals surface area (Å²) < 4.78 is 33.4. The number of likely N-dealkylation sites (tertiary alicyclic amines) is 1. The quantitative estimate of drug-likeness (QED) is 0.669. The third-order valence-electron chi connectivity index (χ3n) is 4.87. The Balaban J connectivity index is 1.60. The van der Waals surface area contributed by atoms with Crippen LogP contribution in [-0.4, -0.2) is 54.5 Å². The molecule has 4 rings (SSSR count). The molecule has 2 aromatic heterocycles. The van der Waals surface area contributed by atoms with Crippen LogP contribution in [0.4, 0.5) is 8.78 Å². The van der Waals surface area contributed by atoms with Crippen LogP contribution in [0.3, 0.4) is 0 Å². The van der Waals surface area contributed by atoms with Crippen LogP contribution in [0.5, 0.6) is 6.01 Å². The Bertz CT molecular complexity index is 996. The summed E-state index contributed by atoms with van der Waals surface area (Å²) in [6, 6.07) is 3.98. The van der Waals surface area contributed by atoms with Crippen LogP contribution in [0.15, 0.2) is 43.0 Å². The van der Waals surface area contributed by atoms with Crippen LogP contribution >= 0.6 is 0 Å². The number of benzene rings is 1. The summed E-state index contributed by atoms with van der Waals surface area (Å²) in [5, 5.41) is 8.02. The average molecular weight is 400 g/mol. The molecule has 1 aliphatic heterocycles. The van der Waals surface area contributed by atoms with Crippen LogP contribution in [-0.2, 0) is 0 Å². The van der Waals surface area contributed by atoms with Gasteiger partial charge in [-0.15, -0.1) is 0 Å². The first-order valence-electron chi connectivity index (χ1n) is 9.15. The second-order valence-electron chi connectivity index (χ2n) is 6.67. The lowest BCUT2D eigenvalue weighted by Gasteiger charge is -2.39. The van der Waals surface area contributed by atoms with E-state index in [2.05, 4.69) is 20.2 Å². The number of rotatable bonds is 4. The Morgan fingerprint density at radius 3 is 2.62 bits per heavy atom. The molecule has 29 heavy (non-hydrogen) atoms. The number of carbonyl (C=O) groups excluding carboxylic acids is 1. The Labute approximate surface area is 165 Å². The van der Waals surface area contributed by atoms with Crippen molar-refractivity contribution in [2.45, 2.75) is 31.9 Å². The molecule has 0 aliphatic carbocycles. The van der Waals surface area contributed by atoms with Crippen LogP contribution < -0.4 is 4.74 Å². The predicted octanol–water partition coefficient (Wildman–Crippen LogP) is 2.41. The second kappa shape index (κ2) is 7.90. The molecule has 1 aliphatic rings. The minimum Gasteiger partial charge on any atom is -0.458 e. The predicted molar refractivity (Wildman–Crippen MR) is 97.5 cm³/mol. The molecule has 0 N–H and O–H groups in total. The number of piperidine rings is 1. The largest absolute Gasteiger partial charge is 0.458 e. The van der Waals surface area contributed by atoms with E-state index in [-0.39, 0.29) is 23.3 Å². The highest BCUT2D eigenvalue weighted by Crippen LogP contribution is 2.26. The van der Waals surface area contributed by atoms with Gasteiger partial charge in [0, 0.05) is 6.54 Å². The summed E-state index contributed by atoms with van der Waals surface area (Å²) in [4.78, 5) is 23.7. The number of ether oxygens (including phenoxy) is 1. The van der Waals surface area contributed by atoms with Gasteiger partial charge in [-0.05, 0) is 31.9 Å². The lowest BCUT2D eigenvalue weighted by Crippen LogP contribution is -2.51. The van der Waals surface area contributed by atoms with Gasteiger partial charge in [0.25, 0.3) is 5.91 Å². The van der Waals surface area contributed by atoms with Crippen LogP contribution in [0.2, 0.25) is 0 Å². The fraction of sp³-hybridized carbons (Fsp3) is 0.316. The molecular formula is C19H18F2N6O2. The molecule has 1 saturated heterocycles. The van der Waals surface area contributed by atoms with Gasteiger partial charge in [-0.1, -0.05) is 6.07 Å². The lowest BCUT2D eigenvalue weighted by atomic mass is 9.98. The summed E-state index contributed by atoms with van der Waals surface area (Å²) in [7, 11) is 0. The molecule has 1 aromatic carbocycles. The SMILES string of the molecule is CC1C(Oc2ncc(F)cn2)CCCN1C(=O)c1c(F)cccc1-n1nccn1. The zero-order chi connectivity index (χ0) is 20.4. The maximum absolute atomic E-state index is 14.7. The molecule has 2 unspecified atom stereocenters. The third kappa shape index (κ3) is 3.78. The van der Waals surface area contributed by atoms with Gasteiger partial charge in [-0.2, -0.15) is 15.0 Å². The third-order valence-corrected chi connectivity index (χ3v) is 4.87. The molecule has 3 aromatic rings. The average Bonchev–Trinajstić information content (AvgIpc) is 3.25. The first-order valence-corrected chi connectivity index (χ1v) is 9.15. The van der Waals surface area contributed by atoms with Crippen LogP contribution in [0.1, 0.15) is 30.1 Å². The standard InChI is InChI=1S/C19H18F2N6O2/c1-12-16(29-19-22-10-13(20)11-23-19)6-3-9-26(12)18(28)17-14(21)4-2-5-15(17)27-24-7-8-25-27/h2,4-5,7-8,10-12,16H,3,6,9H2,1H3. The van der Waals surface area contributed by atoms with Gasteiger partial charge in [0.05, 0.1) is 30.8 Å². The minimum atomic E-state index is -0.651. The van der Waals surface area contributed by atoms with Crippen molar-refractivity contribution in [3.8, 4) is 11.7 Å². The molecule has 8 nitrogen and oxygen atoms in total. The van der Waals surface area contributed by atoms with Crippen molar-refractivity contribution in [3.63, 3.8) is 0 Å². The normalized spacial score (nSPS) is 19.2.